The normalized spacial score (nSPS) is 10.5. The van der Waals surface area contributed by atoms with Gasteiger partial charge in [0.1, 0.15) is 12.1 Å². The van der Waals surface area contributed by atoms with E-state index in [1.807, 2.05) is 31.0 Å². The quantitative estimate of drug-likeness (QED) is 0.682. The summed E-state index contributed by atoms with van der Waals surface area (Å²) in [5.74, 6) is 2.25. The molecular weight excluding hydrogens is 296 g/mol. The maximum absolute atomic E-state index is 5.37. The second-order valence-corrected chi connectivity index (χ2v) is 4.76. The van der Waals surface area contributed by atoms with Gasteiger partial charge in [-0.3, -0.25) is 4.98 Å². The van der Waals surface area contributed by atoms with Crippen LogP contribution in [0.5, 0.6) is 5.88 Å². The molecule has 8 heteroatoms. The summed E-state index contributed by atoms with van der Waals surface area (Å²) in [7, 11) is 1.88. The molecule has 0 fully saturated rings. The second-order valence-electron chi connectivity index (χ2n) is 4.76. The van der Waals surface area contributed by atoms with Crippen molar-refractivity contribution in [3.8, 4) is 17.3 Å². The monoisotopic (exact) mass is 312 g/mol. The van der Waals surface area contributed by atoms with Crippen LogP contribution in [0.25, 0.3) is 11.4 Å². The van der Waals surface area contributed by atoms with Gasteiger partial charge in [-0.05, 0) is 19.1 Å². The topological polar surface area (TPSA) is 90.1 Å². The van der Waals surface area contributed by atoms with Crippen LogP contribution in [0.3, 0.4) is 0 Å². The van der Waals surface area contributed by atoms with E-state index in [-0.39, 0.29) is 0 Å². The Morgan fingerprint density at radius 2 is 2.22 bits per heavy atom. The van der Waals surface area contributed by atoms with Crippen molar-refractivity contribution in [3.63, 3.8) is 0 Å². The van der Waals surface area contributed by atoms with Gasteiger partial charge in [-0.2, -0.15) is 4.98 Å². The highest BCUT2D eigenvalue weighted by Gasteiger charge is 2.12. The molecule has 0 saturated heterocycles. The molecule has 23 heavy (non-hydrogen) atoms. The third-order valence-corrected chi connectivity index (χ3v) is 3.07. The summed E-state index contributed by atoms with van der Waals surface area (Å²) in [6, 6.07) is 5.47. The molecule has 0 bridgehead atoms. The number of ether oxygens (including phenoxy) is 1. The second kappa shape index (κ2) is 6.82. The molecule has 3 aromatic heterocycles. The molecule has 0 unspecified atom stereocenters. The molecule has 3 heterocycles. The van der Waals surface area contributed by atoms with E-state index in [1.165, 1.54) is 6.33 Å². The minimum Gasteiger partial charge on any atom is -0.478 e. The van der Waals surface area contributed by atoms with E-state index in [2.05, 4.69) is 25.1 Å². The number of hydrogen-bond acceptors (Lipinski definition) is 8. The van der Waals surface area contributed by atoms with Gasteiger partial charge >= 0.3 is 0 Å². The van der Waals surface area contributed by atoms with E-state index in [1.54, 1.807) is 18.5 Å². The standard InChI is InChI=1S/C15H16N6O2/c1-3-22-13-7-12(17-10-18-13)21(2)9-14-19-15(20-23-14)11-5-4-6-16-8-11/h4-8,10H,3,9H2,1-2H3. The average Bonchev–Trinajstić information content (AvgIpc) is 3.05. The van der Waals surface area contributed by atoms with Crippen molar-refractivity contribution in [1.29, 1.82) is 0 Å². The maximum atomic E-state index is 5.37. The Morgan fingerprint density at radius 1 is 1.30 bits per heavy atom. The van der Waals surface area contributed by atoms with E-state index < -0.39 is 0 Å². The van der Waals surface area contributed by atoms with Crippen molar-refractivity contribution >= 4 is 5.82 Å². The summed E-state index contributed by atoms with van der Waals surface area (Å²) in [5, 5.41) is 3.97. The summed E-state index contributed by atoms with van der Waals surface area (Å²) in [5.41, 5.74) is 0.811. The van der Waals surface area contributed by atoms with Crippen LogP contribution in [0.1, 0.15) is 12.8 Å². The molecule has 8 nitrogen and oxygen atoms in total. The van der Waals surface area contributed by atoms with Gasteiger partial charge in [0.2, 0.25) is 17.6 Å². The first-order valence-electron chi connectivity index (χ1n) is 7.15. The van der Waals surface area contributed by atoms with Crippen molar-refractivity contribution in [1.82, 2.24) is 25.1 Å². The Labute approximate surface area is 133 Å². The van der Waals surface area contributed by atoms with Gasteiger partial charge in [0, 0.05) is 31.1 Å². The SMILES string of the molecule is CCOc1cc(N(C)Cc2nc(-c3cccnc3)no2)ncn1. The Bertz CT molecular complexity index is 761. The van der Waals surface area contributed by atoms with Crippen molar-refractivity contribution in [3.05, 3.63) is 42.8 Å². The molecule has 3 aromatic rings. The Hall–Kier alpha value is -3.03. The van der Waals surface area contributed by atoms with Crippen LogP contribution >= 0.6 is 0 Å². The predicted molar refractivity (Wildman–Crippen MR) is 82.8 cm³/mol. The third kappa shape index (κ3) is 3.60. The number of nitrogens with zero attached hydrogens (tertiary/aromatic N) is 6. The zero-order valence-electron chi connectivity index (χ0n) is 12.9. The third-order valence-electron chi connectivity index (χ3n) is 3.07. The first-order valence-corrected chi connectivity index (χ1v) is 7.15. The van der Waals surface area contributed by atoms with Crippen LogP contribution in [0, 0.1) is 0 Å². The van der Waals surface area contributed by atoms with Crippen LogP contribution in [0.15, 0.2) is 41.4 Å². The van der Waals surface area contributed by atoms with E-state index in [9.17, 15) is 0 Å². The average molecular weight is 312 g/mol. The minimum atomic E-state index is 0.426. The van der Waals surface area contributed by atoms with Gasteiger partial charge in [0.25, 0.3) is 0 Å². The largest absolute Gasteiger partial charge is 0.478 e. The zero-order chi connectivity index (χ0) is 16.1. The van der Waals surface area contributed by atoms with Crippen molar-refractivity contribution in [2.24, 2.45) is 0 Å². The van der Waals surface area contributed by atoms with Crippen LogP contribution in [-0.2, 0) is 6.54 Å². The molecule has 0 aromatic carbocycles. The number of hydrogen-bond donors (Lipinski definition) is 0. The highest BCUT2D eigenvalue weighted by atomic mass is 16.5. The van der Waals surface area contributed by atoms with Crippen LogP contribution < -0.4 is 9.64 Å². The maximum Gasteiger partial charge on any atom is 0.246 e. The van der Waals surface area contributed by atoms with Gasteiger partial charge in [-0.1, -0.05) is 5.16 Å². The van der Waals surface area contributed by atoms with Crippen LogP contribution in [0.4, 0.5) is 5.82 Å². The molecular formula is C15H16N6O2. The van der Waals surface area contributed by atoms with Gasteiger partial charge in [-0.15, -0.1) is 0 Å². The molecule has 0 aliphatic heterocycles. The fourth-order valence-electron chi connectivity index (χ4n) is 1.98. The number of anilines is 1. The van der Waals surface area contributed by atoms with Gasteiger partial charge in [-0.25, -0.2) is 9.97 Å². The zero-order valence-corrected chi connectivity index (χ0v) is 12.9. The highest BCUT2D eigenvalue weighted by molar-refractivity contribution is 5.52. The molecule has 3 rings (SSSR count). The van der Waals surface area contributed by atoms with Gasteiger partial charge < -0.3 is 14.2 Å². The Kier molecular flexibility index (Phi) is 4.41. The molecule has 0 atom stereocenters. The smallest absolute Gasteiger partial charge is 0.246 e. The van der Waals surface area contributed by atoms with E-state index in [0.29, 0.717) is 36.6 Å². The fraction of sp³-hybridized carbons (Fsp3) is 0.267. The molecule has 0 N–H and O–H groups in total. The number of rotatable bonds is 6. The van der Waals surface area contributed by atoms with E-state index in [0.717, 1.165) is 5.56 Å². The van der Waals surface area contributed by atoms with Gasteiger partial charge in [0.05, 0.1) is 13.2 Å². The lowest BCUT2D eigenvalue weighted by Gasteiger charge is -2.15. The first kappa shape index (κ1) is 14.9. The summed E-state index contributed by atoms with van der Waals surface area (Å²) in [6.07, 6.45) is 4.85. The van der Waals surface area contributed by atoms with E-state index in [4.69, 9.17) is 9.26 Å². The molecule has 0 amide bonds. The number of pyridine rings is 1. The summed E-state index contributed by atoms with van der Waals surface area (Å²) in [4.78, 5) is 18.6. The van der Waals surface area contributed by atoms with Crippen molar-refractivity contribution in [2.45, 2.75) is 13.5 Å². The lowest BCUT2D eigenvalue weighted by atomic mass is 10.3. The van der Waals surface area contributed by atoms with Crippen molar-refractivity contribution in [2.75, 3.05) is 18.6 Å². The summed E-state index contributed by atoms with van der Waals surface area (Å²) < 4.78 is 10.7. The van der Waals surface area contributed by atoms with Crippen LogP contribution in [0.2, 0.25) is 0 Å². The number of aromatic nitrogens is 5. The highest BCUT2D eigenvalue weighted by Crippen LogP contribution is 2.18. The molecule has 0 saturated carbocycles. The molecule has 0 aliphatic carbocycles. The molecule has 0 radical (unpaired) electrons. The first-order chi connectivity index (χ1) is 11.3. The van der Waals surface area contributed by atoms with Crippen molar-refractivity contribution < 1.29 is 9.26 Å². The summed E-state index contributed by atoms with van der Waals surface area (Å²) >= 11 is 0. The lowest BCUT2D eigenvalue weighted by Crippen LogP contribution is -2.18. The Balaban J connectivity index is 1.72. The van der Waals surface area contributed by atoms with Crippen LogP contribution in [-0.4, -0.2) is 38.7 Å². The van der Waals surface area contributed by atoms with E-state index >= 15 is 0 Å². The predicted octanol–water partition coefficient (Wildman–Crippen LogP) is 1.96. The molecule has 118 valence electrons. The Morgan fingerprint density at radius 3 is 3.00 bits per heavy atom. The van der Waals surface area contributed by atoms with Gasteiger partial charge in [0.15, 0.2) is 0 Å². The summed E-state index contributed by atoms with van der Waals surface area (Å²) in [6.45, 7) is 2.89. The minimum absolute atomic E-state index is 0.426. The lowest BCUT2D eigenvalue weighted by molar-refractivity contribution is 0.326. The molecule has 0 aliphatic rings. The molecule has 0 spiro atoms. The fourth-order valence-corrected chi connectivity index (χ4v) is 1.98.